The van der Waals surface area contributed by atoms with Crippen molar-refractivity contribution < 1.29 is 27.4 Å². The van der Waals surface area contributed by atoms with Gasteiger partial charge in [-0.3, -0.25) is 24.3 Å². The maximum absolute atomic E-state index is 12.6. The number of anilines is 1. The second kappa shape index (κ2) is 9.92. The molecule has 2 aromatic rings. The van der Waals surface area contributed by atoms with Crippen LogP contribution >= 0.6 is 0 Å². The van der Waals surface area contributed by atoms with Crippen LogP contribution in [0, 0.1) is 0 Å². The van der Waals surface area contributed by atoms with E-state index in [4.69, 9.17) is 4.55 Å². The first-order chi connectivity index (χ1) is 16.2. The van der Waals surface area contributed by atoms with Crippen LogP contribution in [-0.2, 0) is 26.3 Å². The van der Waals surface area contributed by atoms with Gasteiger partial charge in [-0.15, -0.1) is 0 Å². The van der Waals surface area contributed by atoms with E-state index in [1.165, 1.54) is 12.1 Å². The van der Waals surface area contributed by atoms with Gasteiger partial charge in [0.2, 0.25) is 11.8 Å². The van der Waals surface area contributed by atoms with Gasteiger partial charge in [-0.25, -0.2) is 0 Å². The summed E-state index contributed by atoms with van der Waals surface area (Å²) in [5, 5.41) is 5.66. The van der Waals surface area contributed by atoms with Crippen molar-refractivity contribution in [1.82, 2.24) is 15.5 Å². The van der Waals surface area contributed by atoms with Gasteiger partial charge in [0.1, 0.15) is 6.04 Å². The third-order valence-electron chi connectivity index (χ3n) is 6.03. The van der Waals surface area contributed by atoms with Crippen molar-refractivity contribution >= 4 is 33.5 Å². The van der Waals surface area contributed by atoms with Gasteiger partial charge in [0.25, 0.3) is 16.0 Å². The molecular formula is C23H26N4O6S. The van der Waals surface area contributed by atoms with E-state index in [9.17, 15) is 22.8 Å². The van der Waals surface area contributed by atoms with Crippen LogP contribution in [0.2, 0.25) is 0 Å². The second-order valence-corrected chi connectivity index (χ2v) is 9.69. The molecule has 3 heterocycles. The average molecular weight is 487 g/mol. The van der Waals surface area contributed by atoms with E-state index < -0.39 is 16.2 Å². The van der Waals surface area contributed by atoms with Gasteiger partial charge in [-0.1, -0.05) is 18.2 Å². The van der Waals surface area contributed by atoms with Gasteiger partial charge in [0.15, 0.2) is 0 Å². The van der Waals surface area contributed by atoms with Crippen molar-refractivity contribution in [2.24, 2.45) is 0 Å². The van der Waals surface area contributed by atoms with E-state index in [1.54, 1.807) is 23.1 Å². The Bertz CT molecular complexity index is 1200. The van der Waals surface area contributed by atoms with Gasteiger partial charge < -0.3 is 15.1 Å². The van der Waals surface area contributed by atoms with E-state index in [-0.39, 0.29) is 29.0 Å². The molecule has 0 bridgehead atoms. The second-order valence-electron chi connectivity index (χ2n) is 8.27. The molecule has 3 amide bonds. The Morgan fingerprint density at radius 3 is 2.29 bits per heavy atom. The minimum absolute atomic E-state index is 0.0741. The molecule has 11 heteroatoms. The molecular weight excluding hydrogens is 460 g/mol. The Balaban J connectivity index is 0.000000231. The highest BCUT2D eigenvalue weighted by molar-refractivity contribution is 7.85. The number of nitrogens with one attached hydrogen (secondary N) is 2. The fourth-order valence-electron chi connectivity index (χ4n) is 4.27. The molecule has 3 aliphatic rings. The molecule has 0 aromatic heterocycles. The number of benzene rings is 2. The number of fused-ring (bicyclic) bond motifs is 1. The number of nitrogens with zero attached hydrogens (tertiary/aromatic N) is 2. The summed E-state index contributed by atoms with van der Waals surface area (Å²) in [6.07, 6.45) is 0.678. The molecule has 5 rings (SSSR count). The maximum Gasteiger partial charge on any atom is 0.294 e. The number of carbonyl (C=O) groups is 3. The molecule has 0 saturated carbocycles. The van der Waals surface area contributed by atoms with Crippen LogP contribution in [0.25, 0.3) is 0 Å². The van der Waals surface area contributed by atoms with Crippen molar-refractivity contribution in [3.8, 4) is 0 Å². The van der Waals surface area contributed by atoms with Gasteiger partial charge in [0, 0.05) is 50.4 Å². The Labute approximate surface area is 197 Å². The maximum atomic E-state index is 12.6. The van der Waals surface area contributed by atoms with Crippen LogP contribution in [0.5, 0.6) is 0 Å². The van der Waals surface area contributed by atoms with E-state index in [0.717, 1.165) is 37.4 Å². The molecule has 0 aliphatic carbocycles. The van der Waals surface area contributed by atoms with E-state index in [2.05, 4.69) is 21.6 Å². The fraction of sp³-hybridized carbons (Fsp3) is 0.348. The number of carbonyl (C=O) groups excluding carboxylic acids is 3. The summed E-state index contributed by atoms with van der Waals surface area (Å²) in [6, 6.07) is 12.8. The molecule has 2 saturated heterocycles. The smallest absolute Gasteiger partial charge is 0.294 e. The molecule has 2 fully saturated rings. The zero-order valence-electron chi connectivity index (χ0n) is 18.4. The number of piperidine rings is 1. The van der Waals surface area contributed by atoms with E-state index in [0.29, 0.717) is 18.5 Å². The predicted molar refractivity (Wildman–Crippen MR) is 124 cm³/mol. The zero-order valence-corrected chi connectivity index (χ0v) is 19.3. The topological polar surface area (TPSA) is 136 Å². The lowest BCUT2D eigenvalue weighted by Crippen LogP contribution is -2.52. The minimum Gasteiger partial charge on any atom is -0.369 e. The van der Waals surface area contributed by atoms with Crippen LogP contribution in [-0.4, -0.2) is 67.8 Å². The van der Waals surface area contributed by atoms with Gasteiger partial charge in [-0.2, -0.15) is 8.42 Å². The highest BCUT2D eigenvalue weighted by Crippen LogP contribution is 2.30. The van der Waals surface area contributed by atoms with E-state index in [1.807, 2.05) is 12.1 Å². The summed E-state index contributed by atoms with van der Waals surface area (Å²) in [4.78, 5) is 39.8. The summed E-state index contributed by atoms with van der Waals surface area (Å²) in [5.41, 5.74) is 2.74. The Kier molecular flexibility index (Phi) is 6.96. The fourth-order valence-corrected chi connectivity index (χ4v) is 4.77. The molecule has 3 N–H and O–H groups in total. The molecule has 0 unspecified atom stereocenters. The Hall–Kier alpha value is -3.28. The summed E-state index contributed by atoms with van der Waals surface area (Å²) < 4.78 is 29.2. The highest BCUT2D eigenvalue weighted by Gasteiger charge is 2.39. The lowest BCUT2D eigenvalue weighted by Gasteiger charge is -2.30. The van der Waals surface area contributed by atoms with E-state index >= 15 is 0 Å². The Morgan fingerprint density at radius 1 is 0.971 bits per heavy atom. The molecule has 3 aliphatic heterocycles. The molecule has 180 valence electrons. The SMILES string of the molecule is O=C1CC[C@@H](N2Cc3cc(N4CCNCC4)ccc3C2=O)C(=O)N1.O=S(=O)(O)c1ccccc1. The molecule has 0 spiro atoms. The third-order valence-corrected chi connectivity index (χ3v) is 6.90. The predicted octanol–water partition coefficient (Wildman–Crippen LogP) is 0.791. The van der Waals surface area contributed by atoms with Crippen LogP contribution in [0.1, 0.15) is 28.8 Å². The summed E-state index contributed by atoms with van der Waals surface area (Å²) in [7, 11) is -4.00. The van der Waals surface area contributed by atoms with Gasteiger partial charge in [-0.05, 0) is 42.3 Å². The first kappa shape index (κ1) is 23.9. The standard InChI is InChI=1S/C17H20N4O3.C6H6O3S/c22-15-4-3-14(16(23)19-15)21-10-11-9-12(1-2-13(11)17(21)24)20-7-5-18-6-8-20;7-10(8,9)6-4-2-1-3-5-6/h1-2,9,14,18H,3-8,10H2,(H,19,22,23);1-5H,(H,7,8,9)/t14-;/m1./s1. The third kappa shape index (κ3) is 5.27. The minimum atomic E-state index is -4.00. The number of amides is 3. The van der Waals surface area contributed by atoms with Crippen molar-refractivity contribution in [1.29, 1.82) is 0 Å². The largest absolute Gasteiger partial charge is 0.369 e. The summed E-state index contributed by atoms with van der Waals surface area (Å²) in [5.74, 6) is -0.748. The monoisotopic (exact) mass is 486 g/mol. The molecule has 10 nitrogen and oxygen atoms in total. The molecule has 1 atom stereocenters. The van der Waals surface area contributed by atoms with Crippen LogP contribution in [0.3, 0.4) is 0 Å². The lowest BCUT2D eigenvalue weighted by molar-refractivity contribution is -0.136. The van der Waals surface area contributed by atoms with Gasteiger partial charge in [0.05, 0.1) is 4.90 Å². The van der Waals surface area contributed by atoms with Crippen LogP contribution in [0.15, 0.2) is 53.4 Å². The number of imide groups is 1. The Morgan fingerprint density at radius 2 is 1.68 bits per heavy atom. The number of hydrogen-bond donors (Lipinski definition) is 3. The molecule has 34 heavy (non-hydrogen) atoms. The molecule has 0 radical (unpaired) electrons. The van der Waals surface area contributed by atoms with Crippen molar-refractivity contribution in [3.05, 3.63) is 59.7 Å². The quantitative estimate of drug-likeness (QED) is 0.428. The highest BCUT2D eigenvalue weighted by atomic mass is 32.2. The first-order valence-corrected chi connectivity index (χ1v) is 12.4. The number of rotatable bonds is 3. The lowest BCUT2D eigenvalue weighted by atomic mass is 10.0. The van der Waals surface area contributed by atoms with Crippen molar-refractivity contribution in [2.75, 3.05) is 31.1 Å². The summed E-state index contributed by atoms with van der Waals surface area (Å²) in [6.45, 7) is 4.24. The first-order valence-electron chi connectivity index (χ1n) is 11.0. The molecule has 2 aromatic carbocycles. The zero-order chi connectivity index (χ0) is 24.3. The van der Waals surface area contributed by atoms with Crippen LogP contribution in [0.4, 0.5) is 5.69 Å². The van der Waals surface area contributed by atoms with Gasteiger partial charge >= 0.3 is 0 Å². The normalized spacial score (nSPS) is 20.4. The van der Waals surface area contributed by atoms with Crippen LogP contribution < -0.4 is 15.5 Å². The van der Waals surface area contributed by atoms with Crippen molar-refractivity contribution in [2.45, 2.75) is 30.3 Å². The number of hydrogen-bond acceptors (Lipinski definition) is 7. The summed E-state index contributed by atoms with van der Waals surface area (Å²) >= 11 is 0. The average Bonchev–Trinajstić information content (AvgIpc) is 3.15. The number of piperazine rings is 1. The van der Waals surface area contributed by atoms with Crippen molar-refractivity contribution in [3.63, 3.8) is 0 Å².